The molecule has 4 nitrogen and oxygen atoms in total. The van der Waals surface area contributed by atoms with E-state index in [9.17, 15) is 32.3 Å². The fraction of sp³-hybridized carbons (Fsp3) is 0.867. The predicted octanol–water partition coefficient (Wildman–Crippen LogP) is 1.77. The predicted molar refractivity (Wildman–Crippen MR) is 66.5 cm³/mol. The van der Waals surface area contributed by atoms with E-state index >= 15 is 0 Å². The molecule has 0 unspecified atom stereocenters. The molecule has 0 saturated heterocycles. The van der Waals surface area contributed by atoms with Crippen molar-refractivity contribution in [2.75, 3.05) is 6.61 Å². The summed E-state index contributed by atoms with van der Waals surface area (Å²) in [6, 6.07) is 0. The minimum absolute atomic E-state index is 0.353. The van der Waals surface area contributed by atoms with Crippen molar-refractivity contribution in [3.05, 3.63) is 0 Å². The molecule has 0 atom stereocenters. The lowest BCUT2D eigenvalue weighted by molar-refractivity contribution is -0.346. The van der Waals surface area contributed by atoms with Gasteiger partial charge in [-0.15, -0.1) is 0 Å². The molecular formula is C15H17F4O4-. The number of halogens is 4. The number of aliphatic carboxylic acids is 1. The molecule has 4 saturated carbocycles. The zero-order chi connectivity index (χ0) is 17.0. The van der Waals surface area contributed by atoms with E-state index in [1.165, 1.54) is 0 Å². The second-order valence-corrected chi connectivity index (χ2v) is 7.43. The Morgan fingerprint density at radius 3 is 1.78 bits per heavy atom. The molecule has 0 aromatic rings. The van der Waals surface area contributed by atoms with Gasteiger partial charge in [0.2, 0.25) is 0 Å². The summed E-state index contributed by atoms with van der Waals surface area (Å²) < 4.78 is 57.1. The quantitative estimate of drug-likeness (QED) is 0.566. The van der Waals surface area contributed by atoms with Crippen molar-refractivity contribution >= 4 is 11.9 Å². The number of rotatable bonds is 5. The highest BCUT2D eigenvalue weighted by molar-refractivity contribution is 5.88. The van der Waals surface area contributed by atoms with Crippen LogP contribution in [0.5, 0.6) is 0 Å². The molecule has 4 aliphatic carbocycles. The summed E-state index contributed by atoms with van der Waals surface area (Å²) in [4.78, 5) is 21.5. The first-order valence-corrected chi connectivity index (χ1v) is 7.70. The summed E-state index contributed by atoms with van der Waals surface area (Å²) in [5.74, 6) is -15.4. The van der Waals surface area contributed by atoms with Gasteiger partial charge in [0.05, 0.1) is 6.61 Å². The monoisotopic (exact) mass is 337 g/mol. The van der Waals surface area contributed by atoms with Gasteiger partial charge in [-0.1, -0.05) is 0 Å². The number of carboxylic acids is 1. The highest BCUT2D eigenvalue weighted by Gasteiger charge is 2.65. The highest BCUT2D eigenvalue weighted by Crippen LogP contribution is 2.60. The molecule has 4 fully saturated rings. The first kappa shape index (κ1) is 16.5. The number of carbonyl (C=O) groups excluding carboxylic acids is 2. The van der Waals surface area contributed by atoms with E-state index in [0.717, 1.165) is 38.5 Å². The number of alkyl halides is 4. The summed E-state index contributed by atoms with van der Waals surface area (Å²) in [7, 11) is 0. The van der Waals surface area contributed by atoms with Crippen LogP contribution in [0.25, 0.3) is 0 Å². The number of carboxylic acid groups (broad SMARTS) is 1. The summed E-state index contributed by atoms with van der Waals surface area (Å²) >= 11 is 0. The third-order valence-corrected chi connectivity index (χ3v) is 5.58. The van der Waals surface area contributed by atoms with Gasteiger partial charge in [-0.25, -0.2) is 4.79 Å². The van der Waals surface area contributed by atoms with Gasteiger partial charge in [0, 0.05) is 5.41 Å². The first-order chi connectivity index (χ1) is 10.6. The lowest BCUT2D eigenvalue weighted by Gasteiger charge is -2.56. The molecule has 0 aliphatic heterocycles. The van der Waals surface area contributed by atoms with Crippen LogP contribution in [0.1, 0.15) is 38.5 Å². The molecule has 0 radical (unpaired) electrons. The van der Waals surface area contributed by atoms with Crippen LogP contribution in [0.2, 0.25) is 0 Å². The Labute approximate surface area is 130 Å². The van der Waals surface area contributed by atoms with Crippen LogP contribution in [0.4, 0.5) is 17.6 Å². The van der Waals surface area contributed by atoms with Crippen LogP contribution < -0.4 is 5.11 Å². The Bertz CT molecular complexity index is 496. The summed E-state index contributed by atoms with van der Waals surface area (Å²) in [6.45, 7) is -0.353. The summed E-state index contributed by atoms with van der Waals surface area (Å²) in [5, 5.41) is 10.1. The molecule has 0 aromatic heterocycles. The minimum atomic E-state index is -5.59. The summed E-state index contributed by atoms with van der Waals surface area (Å²) in [6.07, 6.45) is 5.50. The molecule has 4 aliphatic rings. The van der Waals surface area contributed by atoms with Crippen molar-refractivity contribution in [1.82, 2.24) is 0 Å². The van der Waals surface area contributed by atoms with Crippen molar-refractivity contribution in [3.8, 4) is 0 Å². The van der Waals surface area contributed by atoms with Gasteiger partial charge in [-0.05, 0) is 56.3 Å². The van der Waals surface area contributed by atoms with Crippen LogP contribution in [0.3, 0.4) is 0 Å². The van der Waals surface area contributed by atoms with Gasteiger partial charge in [-0.2, -0.15) is 17.6 Å². The van der Waals surface area contributed by atoms with E-state index in [0.29, 0.717) is 17.8 Å². The minimum Gasteiger partial charge on any atom is -0.544 e. The molecule has 0 N–H and O–H groups in total. The number of carbonyl (C=O) groups is 2. The van der Waals surface area contributed by atoms with Gasteiger partial charge < -0.3 is 14.6 Å². The first-order valence-electron chi connectivity index (χ1n) is 7.70. The maximum atomic E-state index is 13.4. The van der Waals surface area contributed by atoms with Gasteiger partial charge in [0.25, 0.3) is 0 Å². The zero-order valence-corrected chi connectivity index (χ0v) is 12.3. The largest absolute Gasteiger partial charge is 0.544 e. The van der Waals surface area contributed by atoms with Crippen LogP contribution in [-0.4, -0.2) is 30.4 Å². The van der Waals surface area contributed by atoms with Gasteiger partial charge in [0.1, 0.15) is 5.97 Å². The lowest BCUT2D eigenvalue weighted by atomic mass is 9.50. The molecule has 4 rings (SSSR count). The molecule has 0 amide bonds. The van der Waals surface area contributed by atoms with E-state index in [1.54, 1.807) is 0 Å². The molecule has 8 heteroatoms. The van der Waals surface area contributed by atoms with Crippen molar-refractivity contribution < 1.29 is 37.0 Å². The SMILES string of the molecule is O=C([O-])C(F)(F)C(F)(F)C(=O)OCC12CC3CC(CC(C3)C1)C2. The van der Waals surface area contributed by atoms with Crippen molar-refractivity contribution in [2.24, 2.45) is 23.2 Å². The van der Waals surface area contributed by atoms with Crippen LogP contribution in [0.15, 0.2) is 0 Å². The molecule has 23 heavy (non-hydrogen) atoms. The van der Waals surface area contributed by atoms with Crippen molar-refractivity contribution in [2.45, 2.75) is 50.4 Å². The smallest absolute Gasteiger partial charge is 0.410 e. The van der Waals surface area contributed by atoms with Gasteiger partial charge in [-0.3, -0.25) is 0 Å². The van der Waals surface area contributed by atoms with Crippen molar-refractivity contribution in [1.29, 1.82) is 0 Å². The number of ether oxygens (including phenoxy) is 1. The normalized spacial score (nSPS) is 36.1. The standard InChI is InChI=1S/C15H18F4O4/c16-14(17,11(20)21)15(18,19)12(22)23-7-13-4-8-1-9(5-13)3-10(2-8)6-13/h8-10H,1-7H2,(H,20,21)/p-1. The van der Waals surface area contributed by atoms with Crippen molar-refractivity contribution in [3.63, 3.8) is 0 Å². The Kier molecular flexibility index (Phi) is 3.65. The van der Waals surface area contributed by atoms with Crippen LogP contribution >= 0.6 is 0 Å². The lowest BCUT2D eigenvalue weighted by Crippen LogP contribution is -2.58. The zero-order valence-electron chi connectivity index (χ0n) is 12.3. The second kappa shape index (κ2) is 5.08. The van der Waals surface area contributed by atoms with E-state index in [2.05, 4.69) is 4.74 Å². The summed E-state index contributed by atoms with van der Waals surface area (Å²) in [5.41, 5.74) is -0.419. The van der Waals surface area contributed by atoms with Crippen LogP contribution in [-0.2, 0) is 14.3 Å². The van der Waals surface area contributed by atoms with Gasteiger partial charge in [0.15, 0.2) is 0 Å². The molecule has 0 spiro atoms. The third-order valence-electron chi connectivity index (χ3n) is 5.58. The van der Waals surface area contributed by atoms with E-state index in [1.807, 2.05) is 0 Å². The molecule has 0 heterocycles. The van der Waals surface area contributed by atoms with Gasteiger partial charge >= 0.3 is 17.8 Å². The Balaban J connectivity index is 1.66. The van der Waals surface area contributed by atoms with E-state index in [4.69, 9.17) is 0 Å². The van der Waals surface area contributed by atoms with E-state index < -0.39 is 29.2 Å². The Morgan fingerprint density at radius 2 is 1.39 bits per heavy atom. The molecule has 0 aromatic carbocycles. The second-order valence-electron chi connectivity index (χ2n) is 7.43. The third kappa shape index (κ3) is 2.59. The average Bonchev–Trinajstić information content (AvgIpc) is 2.42. The fourth-order valence-electron chi connectivity index (χ4n) is 5.03. The maximum absolute atomic E-state index is 13.4. The number of hydrogen-bond acceptors (Lipinski definition) is 4. The average molecular weight is 337 g/mol. The molecule has 4 bridgehead atoms. The van der Waals surface area contributed by atoms with E-state index in [-0.39, 0.29) is 6.61 Å². The molecule has 130 valence electrons. The Hall–Kier alpha value is -1.34. The van der Waals surface area contributed by atoms with Crippen LogP contribution in [0, 0.1) is 23.2 Å². The maximum Gasteiger partial charge on any atom is 0.410 e. The Morgan fingerprint density at radius 1 is 0.957 bits per heavy atom. The highest BCUT2D eigenvalue weighted by atomic mass is 19.3. The number of hydrogen-bond donors (Lipinski definition) is 0. The fourth-order valence-corrected chi connectivity index (χ4v) is 5.03. The number of esters is 1. The molecular weight excluding hydrogens is 320 g/mol. The topological polar surface area (TPSA) is 66.4 Å².